The number of amides is 1. The van der Waals surface area contributed by atoms with Gasteiger partial charge in [0.15, 0.2) is 5.82 Å². The molecule has 0 radical (unpaired) electrons. The number of fused-ring (bicyclic) bond motifs is 1. The van der Waals surface area contributed by atoms with Gasteiger partial charge in [-0.2, -0.15) is 10.1 Å². The molecule has 4 aromatic heterocycles. The molecule has 1 amide bonds. The molecular formula is C31H37N11O2. The minimum absolute atomic E-state index is 0.0508. The maximum Gasteiger partial charge on any atom is 0.238 e. The lowest BCUT2D eigenvalue weighted by Crippen LogP contribution is -2.33. The highest BCUT2D eigenvalue weighted by Gasteiger charge is 2.26. The van der Waals surface area contributed by atoms with Crippen molar-refractivity contribution in [2.45, 2.75) is 39.7 Å². The average molecular weight is 596 g/mol. The van der Waals surface area contributed by atoms with Crippen molar-refractivity contribution in [1.29, 1.82) is 0 Å². The number of carbonyl (C=O) groups excluding carboxylic acids is 1. The highest BCUT2D eigenvalue weighted by molar-refractivity contribution is 6.06. The second-order valence-electron chi connectivity index (χ2n) is 11.1. The Morgan fingerprint density at radius 2 is 2.05 bits per heavy atom. The van der Waals surface area contributed by atoms with Crippen LogP contribution in [0.5, 0.6) is 5.88 Å². The topological polar surface area (TPSA) is 151 Å². The molecule has 0 bridgehead atoms. The third-order valence-electron chi connectivity index (χ3n) is 7.62. The van der Waals surface area contributed by atoms with Gasteiger partial charge in [-0.15, -0.1) is 0 Å². The SMILES string of the molecule is CCCNc1cncc(O[C@H]2CCN(CC(=O)Nc3cccc4c(-c5nc(Nc6cc(C)n(C)n6)ncc5C)c[nH]c34)C2)n1. The molecule has 0 spiro atoms. The number of benzene rings is 1. The molecule has 1 aliphatic rings. The molecule has 1 saturated heterocycles. The van der Waals surface area contributed by atoms with E-state index in [9.17, 15) is 4.79 Å². The Morgan fingerprint density at radius 3 is 2.86 bits per heavy atom. The maximum atomic E-state index is 13.1. The van der Waals surface area contributed by atoms with E-state index < -0.39 is 0 Å². The van der Waals surface area contributed by atoms with Crippen LogP contribution in [0.4, 0.5) is 23.3 Å². The molecule has 0 unspecified atom stereocenters. The number of aromatic amines is 1. The largest absolute Gasteiger partial charge is 0.472 e. The van der Waals surface area contributed by atoms with Crippen LogP contribution in [0, 0.1) is 13.8 Å². The molecule has 13 heteroatoms. The van der Waals surface area contributed by atoms with Crippen LogP contribution in [-0.4, -0.2) is 77.8 Å². The second-order valence-corrected chi connectivity index (χ2v) is 11.1. The number of rotatable bonds is 11. The van der Waals surface area contributed by atoms with E-state index in [2.05, 4.69) is 52.8 Å². The van der Waals surface area contributed by atoms with Crippen molar-refractivity contribution in [2.24, 2.45) is 7.05 Å². The number of hydrogen-bond donors (Lipinski definition) is 4. The molecule has 6 rings (SSSR count). The molecule has 4 N–H and O–H groups in total. The zero-order chi connectivity index (χ0) is 30.6. The van der Waals surface area contributed by atoms with Crippen LogP contribution in [0.15, 0.2) is 49.1 Å². The summed E-state index contributed by atoms with van der Waals surface area (Å²) < 4.78 is 7.87. The molecule has 1 atom stereocenters. The number of anilines is 4. The highest BCUT2D eigenvalue weighted by atomic mass is 16.5. The number of likely N-dealkylation sites (tertiary alicyclic amines) is 1. The molecule has 1 fully saturated rings. The van der Waals surface area contributed by atoms with Crippen molar-refractivity contribution >= 4 is 40.1 Å². The van der Waals surface area contributed by atoms with E-state index in [1.807, 2.05) is 51.4 Å². The monoisotopic (exact) mass is 595 g/mol. The van der Waals surface area contributed by atoms with Crippen molar-refractivity contribution in [3.05, 3.63) is 60.3 Å². The van der Waals surface area contributed by atoms with Gasteiger partial charge in [-0.05, 0) is 38.3 Å². The summed E-state index contributed by atoms with van der Waals surface area (Å²) in [5.74, 6) is 2.25. The number of aryl methyl sites for hydroxylation is 3. The lowest BCUT2D eigenvalue weighted by Gasteiger charge is -2.16. The Labute approximate surface area is 255 Å². The van der Waals surface area contributed by atoms with Crippen molar-refractivity contribution in [3.8, 4) is 17.1 Å². The third-order valence-corrected chi connectivity index (χ3v) is 7.62. The number of para-hydroxylation sites is 1. The van der Waals surface area contributed by atoms with Crippen LogP contribution in [0.3, 0.4) is 0 Å². The van der Waals surface area contributed by atoms with Crippen molar-refractivity contribution < 1.29 is 9.53 Å². The van der Waals surface area contributed by atoms with Crippen LogP contribution in [0.2, 0.25) is 0 Å². The Bertz CT molecular complexity index is 1760. The Hall–Kier alpha value is -5.04. The summed E-state index contributed by atoms with van der Waals surface area (Å²) in [4.78, 5) is 36.5. The molecule has 0 aliphatic carbocycles. The second kappa shape index (κ2) is 12.7. The fourth-order valence-corrected chi connectivity index (χ4v) is 5.31. The predicted octanol–water partition coefficient (Wildman–Crippen LogP) is 4.42. The standard InChI is InChI=1S/C31H37N11O2/c1-5-10-33-26-15-32-16-28(37-26)44-21-9-11-42(17-21)18-27(43)36-24-8-6-7-22-23(14-34-30(22)24)29-19(2)13-35-31(39-29)38-25-12-20(3)41(4)40-25/h6-8,12-16,21,34H,5,9-11,17-18H2,1-4H3,(H,33,37)(H,36,43)(H,35,38,39,40)/t21-/m0/s1. The molecule has 5 aromatic rings. The molecule has 5 heterocycles. The summed E-state index contributed by atoms with van der Waals surface area (Å²) in [7, 11) is 1.89. The van der Waals surface area contributed by atoms with Gasteiger partial charge in [0.2, 0.25) is 17.7 Å². The molecule has 0 saturated carbocycles. The zero-order valence-corrected chi connectivity index (χ0v) is 25.4. The molecule has 44 heavy (non-hydrogen) atoms. The van der Waals surface area contributed by atoms with Gasteiger partial charge in [-0.25, -0.2) is 9.97 Å². The Morgan fingerprint density at radius 1 is 1.16 bits per heavy atom. The summed E-state index contributed by atoms with van der Waals surface area (Å²) in [6.45, 7) is 8.56. The number of nitrogens with one attached hydrogen (secondary N) is 4. The van der Waals surface area contributed by atoms with Gasteiger partial charge in [0.05, 0.1) is 35.8 Å². The lowest BCUT2D eigenvalue weighted by atomic mass is 10.1. The van der Waals surface area contributed by atoms with Crippen LogP contribution in [0.1, 0.15) is 31.0 Å². The van der Waals surface area contributed by atoms with Crippen LogP contribution < -0.4 is 20.7 Å². The number of H-pyrrole nitrogens is 1. The summed E-state index contributed by atoms with van der Waals surface area (Å²) in [5.41, 5.74) is 5.23. The quantitative estimate of drug-likeness (QED) is 0.173. The number of aromatic nitrogens is 7. The van der Waals surface area contributed by atoms with Gasteiger partial charge in [-0.1, -0.05) is 19.1 Å². The highest BCUT2D eigenvalue weighted by Crippen LogP contribution is 2.33. The minimum atomic E-state index is -0.0878. The minimum Gasteiger partial charge on any atom is -0.472 e. The maximum absolute atomic E-state index is 13.1. The first-order valence-corrected chi connectivity index (χ1v) is 14.8. The fourth-order valence-electron chi connectivity index (χ4n) is 5.31. The average Bonchev–Trinajstić information content (AvgIpc) is 3.72. The van der Waals surface area contributed by atoms with Crippen LogP contribution in [0.25, 0.3) is 22.2 Å². The Balaban J connectivity index is 1.10. The van der Waals surface area contributed by atoms with E-state index in [1.165, 1.54) is 0 Å². The van der Waals surface area contributed by atoms with E-state index >= 15 is 0 Å². The fraction of sp³-hybridized carbons (Fsp3) is 0.355. The van der Waals surface area contributed by atoms with E-state index in [-0.39, 0.29) is 18.6 Å². The van der Waals surface area contributed by atoms with Gasteiger partial charge in [0.1, 0.15) is 11.9 Å². The van der Waals surface area contributed by atoms with Gasteiger partial charge in [0, 0.05) is 61.8 Å². The third kappa shape index (κ3) is 6.47. The molecule has 1 aromatic carbocycles. The number of ether oxygens (including phenoxy) is 1. The molecule has 228 valence electrons. The van der Waals surface area contributed by atoms with Gasteiger partial charge >= 0.3 is 0 Å². The Kier molecular flexibility index (Phi) is 8.37. The van der Waals surface area contributed by atoms with E-state index in [1.54, 1.807) is 23.3 Å². The number of hydrogen-bond acceptors (Lipinski definition) is 10. The first-order chi connectivity index (χ1) is 21.4. The van der Waals surface area contributed by atoms with Gasteiger partial charge in [-0.3, -0.25) is 19.4 Å². The zero-order valence-electron chi connectivity index (χ0n) is 25.4. The van der Waals surface area contributed by atoms with Crippen molar-refractivity contribution in [1.82, 2.24) is 39.6 Å². The van der Waals surface area contributed by atoms with Gasteiger partial charge < -0.3 is 25.7 Å². The first kappa shape index (κ1) is 29.1. The normalized spacial score (nSPS) is 15.0. The summed E-state index contributed by atoms with van der Waals surface area (Å²) in [6.07, 6.45) is 8.79. The number of carbonyl (C=O) groups is 1. The molecule has 1 aliphatic heterocycles. The van der Waals surface area contributed by atoms with Crippen LogP contribution in [-0.2, 0) is 11.8 Å². The molecule has 13 nitrogen and oxygen atoms in total. The van der Waals surface area contributed by atoms with E-state index in [0.29, 0.717) is 35.7 Å². The summed E-state index contributed by atoms with van der Waals surface area (Å²) >= 11 is 0. The summed E-state index contributed by atoms with van der Waals surface area (Å²) in [5, 5.41) is 14.9. The first-order valence-electron chi connectivity index (χ1n) is 14.8. The van der Waals surface area contributed by atoms with Gasteiger partial charge in [0.25, 0.3) is 0 Å². The lowest BCUT2D eigenvalue weighted by molar-refractivity contribution is -0.117. The van der Waals surface area contributed by atoms with Crippen molar-refractivity contribution in [2.75, 3.05) is 42.1 Å². The number of nitrogens with zero attached hydrogens (tertiary/aromatic N) is 7. The van der Waals surface area contributed by atoms with E-state index in [0.717, 1.165) is 59.3 Å². The van der Waals surface area contributed by atoms with Crippen LogP contribution >= 0.6 is 0 Å². The smallest absolute Gasteiger partial charge is 0.238 e. The summed E-state index contributed by atoms with van der Waals surface area (Å²) in [6, 6.07) is 7.80. The van der Waals surface area contributed by atoms with E-state index in [4.69, 9.17) is 9.72 Å². The van der Waals surface area contributed by atoms with Crippen molar-refractivity contribution in [3.63, 3.8) is 0 Å². The molecular weight excluding hydrogens is 558 g/mol. The predicted molar refractivity (Wildman–Crippen MR) is 170 cm³/mol.